The van der Waals surface area contributed by atoms with Crippen LogP contribution >= 0.6 is 39.1 Å². The minimum absolute atomic E-state index is 0.0112. The summed E-state index contributed by atoms with van der Waals surface area (Å²) in [6, 6.07) is 10.1. The molecule has 0 saturated carbocycles. The predicted molar refractivity (Wildman–Crippen MR) is 114 cm³/mol. The molecule has 3 rings (SSSR count). The Bertz CT molecular complexity index is 1100. The summed E-state index contributed by atoms with van der Waals surface area (Å²) < 4.78 is 0.670. The molecule has 0 radical (unpaired) electrons. The van der Waals surface area contributed by atoms with E-state index in [-0.39, 0.29) is 24.8 Å². The zero-order valence-electron chi connectivity index (χ0n) is 14.3. The molecular formula is C19H14BrCl2N3O3. The van der Waals surface area contributed by atoms with Crippen molar-refractivity contribution in [1.82, 2.24) is 10.3 Å². The van der Waals surface area contributed by atoms with Crippen molar-refractivity contribution < 1.29 is 14.7 Å². The Hall–Kier alpha value is -2.35. The number of halogens is 3. The molecule has 9 heteroatoms. The van der Waals surface area contributed by atoms with Crippen molar-refractivity contribution in [3.8, 4) is 5.88 Å². The lowest BCUT2D eigenvalue weighted by Crippen LogP contribution is -2.26. The smallest absolute Gasteiger partial charge is 0.252 e. The second-order valence-electron chi connectivity index (χ2n) is 5.84. The number of benzene rings is 2. The fourth-order valence-electron chi connectivity index (χ4n) is 2.58. The summed E-state index contributed by atoms with van der Waals surface area (Å²) in [5.41, 5.74) is 1.29. The predicted octanol–water partition coefficient (Wildman–Crippen LogP) is 4.71. The number of hydrogen-bond acceptors (Lipinski definition) is 3. The number of carbonyl (C=O) groups is 2. The largest absolute Gasteiger partial charge is 0.494 e. The summed E-state index contributed by atoms with van der Waals surface area (Å²) >= 11 is 15.4. The highest BCUT2D eigenvalue weighted by atomic mass is 79.9. The number of rotatable bonds is 5. The molecule has 0 atom stereocenters. The molecule has 0 unspecified atom stereocenters. The lowest BCUT2D eigenvalue weighted by atomic mass is 10.2. The van der Waals surface area contributed by atoms with Gasteiger partial charge in [-0.2, -0.15) is 0 Å². The van der Waals surface area contributed by atoms with Crippen molar-refractivity contribution in [2.75, 3.05) is 6.54 Å². The van der Waals surface area contributed by atoms with E-state index in [0.717, 1.165) is 0 Å². The Labute approximate surface area is 178 Å². The van der Waals surface area contributed by atoms with Gasteiger partial charge in [0.2, 0.25) is 5.91 Å². The maximum atomic E-state index is 12.1. The van der Waals surface area contributed by atoms with Crippen LogP contribution in [0.1, 0.15) is 22.3 Å². The number of aromatic amines is 1. The molecule has 0 aliphatic heterocycles. The monoisotopic (exact) mass is 481 g/mol. The molecule has 1 heterocycles. The third kappa shape index (κ3) is 4.55. The molecule has 6 nitrogen and oxygen atoms in total. The van der Waals surface area contributed by atoms with E-state index < -0.39 is 5.91 Å². The summed E-state index contributed by atoms with van der Waals surface area (Å²) in [5, 5.41) is 14.0. The number of amides is 2. The highest BCUT2D eigenvalue weighted by molar-refractivity contribution is 9.10. The number of nitrogens with one attached hydrogen (secondary N) is 2. The molecule has 0 aliphatic rings. The molecule has 0 bridgehead atoms. The van der Waals surface area contributed by atoms with E-state index in [2.05, 4.69) is 31.2 Å². The van der Waals surface area contributed by atoms with Crippen molar-refractivity contribution in [1.29, 1.82) is 0 Å². The molecule has 2 aromatic carbocycles. The Morgan fingerprint density at radius 3 is 2.75 bits per heavy atom. The SMILES string of the molecule is O=C(CCNC(=O)c1ccccc1Br)N=Cc1c(O)[nH]c2c(Cl)cc(Cl)cc12. The number of hydrogen-bond donors (Lipinski definition) is 3. The quantitative estimate of drug-likeness (QED) is 0.459. The third-order valence-corrected chi connectivity index (χ3v) is 5.13. The van der Waals surface area contributed by atoms with Crippen LogP contribution in [0.4, 0.5) is 0 Å². The molecule has 0 fully saturated rings. The van der Waals surface area contributed by atoms with Gasteiger partial charge < -0.3 is 15.4 Å². The second-order valence-corrected chi connectivity index (χ2v) is 7.53. The van der Waals surface area contributed by atoms with Crippen LogP contribution in [0.2, 0.25) is 10.0 Å². The van der Waals surface area contributed by atoms with E-state index >= 15 is 0 Å². The molecule has 28 heavy (non-hydrogen) atoms. The number of aromatic hydroxyl groups is 1. The first-order valence-electron chi connectivity index (χ1n) is 8.16. The van der Waals surface area contributed by atoms with E-state index in [9.17, 15) is 14.7 Å². The molecule has 2 amide bonds. The van der Waals surface area contributed by atoms with Gasteiger partial charge >= 0.3 is 0 Å². The summed E-state index contributed by atoms with van der Waals surface area (Å²) in [6.07, 6.45) is 1.26. The molecule has 3 aromatic rings. The molecule has 144 valence electrons. The van der Waals surface area contributed by atoms with Crippen molar-refractivity contribution in [2.24, 2.45) is 4.99 Å². The Kier molecular flexibility index (Phi) is 6.39. The van der Waals surface area contributed by atoms with Gasteiger partial charge in [-0.15, -0.1) is 0 Å². The normalized spacial score (nSPS) is 11.2. The summed E-state index contributed by atoms with van der Waals surface area (Å²) in [6.45, 7) is 0.133. The van der Waals surface area contributed by atoms with E-state index in [1.807, 2.05) is 0 Å². The number of aromatic nitrogens is 1. The van der Waals surface area contributed by atoms with Crippen LogP contribution < -0.4 is 5.32 Å². The molecule has 0 aliphatic carbocycles. The van der Waals surface area contributed by atoms with E-state index in [1.54, 1.807) is 36.4 Å². The summed E-state index contributed by atoms with van der Waals surface area (Å²) in [5.74, 6) is -0.907. The highest BCUT2D eigenvalue weighted by Gasteiger charge is 2.13. The van der Waals surface area contributed by atoms with Crippen molar-refractivity contribution >= 4 is 68.1 Å². The van der Waals surface area contributed by atoms with Gasteiger partial charge in [-0.25, -0.2) is 4.99 Å². The zero-order chi connectivity index (χ0) is 20.3. The second kappa shape index (κ2) is 8.77. The number of nitrogens with zero attached hydrogens (tertiary/aromatic N) is 1. The minimum Gasteiger partial charge on any atom is -0.494 e. The lowest BCUT2D eigenvalue weighted by Gasteiger charge is -2.05. The van der Waals surface area contributed by atoms with Crippen molar-refractivity contribution in [3.05, 3.63) is 62.0 Å². The number of carbonyl (C=O) groups excluding carboxylic acids is 2. The van der Waals surface area contributed by atoms with Crippen LogP contribution in [0.25, 0.3) is 10.9 Å². The maximum Gasteiger partial charge on any atom is 0.252 e. The Morgan fingerprint density at radius 2 is 2.00 bits per heavy atom. The number of fused-ring (bicyclic) bond motifs is 1. The average molecular weight is 483 g/mol. The van der Waals surface area contributed by atoms with Gasteiger partial charge in [0.15, 0.2) is 5.88 Å². The zero-order valence-corrected chi connectivity index (χ0v) is 17.4. The van der Waals surface area contributed by atoms with Crippen LogP contribution in [0.3, 0.4) is 0 Å². The lowest BCUT2D eigenvalue weighted by molar-refractivity contribution is -0.117. The van der Waals surface area contributed by atoms with Crippen LogP contribution in [0.15, 0.2) is 45.9 Å². The van der Waals surface area contributed by atoms with E-state index in [0.29, 0.717) is 36.5 Å². The minimum atomic E-state index is -0.450. The van der Waals surface area contributed by atoms with Gasteiger partial charge in [0.25, 0.3) is 5.91 Å². The summed E-state index contributed by atoms with van der Waals surface area (Å²) in [7, 11) is 0. The Balaban J connectivity index is 1.63. The molecule has 1 aromatic heterocycles. The highest BCUT2D eigenvalue weighted by Crippen LogP contribution is 2.33. The van der Waals surface area contributed by atoms with Crippen LogP contribution in [-0.2, 0) is 4.79 Å². The first-order chi connectivity index (χ1) is 13.4. The molecule has 0 saturated heterocycles. The average Bonchev–Trinajstić information content (AvgIpc) is 2.96. The first kappa shape index (κ1) is 20.4. The standard InChI is InChI=1S/C19H14BrCl2N3O3/c20-14-4-2-1-3-11(14)18(27)23-6-5-16(26)24-9-13-12-7-10(21)8-15(22)17(12)25-19(13)28/h1-4,7-9,25,28H,5-6H2,(H,23,27). The van der Waals surface area contributed by atoms with Crippen molar-refractivity contribution in [2.45, 2.75) is 6.42 Å². The fraction of sp³-hybridized carbons (Fsp3) is 0.105. The Morgan fingerprint density at radius 1 is 1.25 bits per heavy atom. The van der Waals surface area contributed by atoms with E-state index in [1.165, 1.54) is 6.21 Å². The summed E-state index contributed by atoms with van der Waals surface area (Å²) in [4.78, 5) is 30.7. The van der Waals surface area contributed by atoms with Crippen LogP contribution in [0.5, 0.6) is 5.88 Å². The first-order valence-corrected chi connectivity index (χ1v) is 9.71. The van der Waals surface area contributed by atoms with Gasteiger partial charge in [0.1, 0.15) is 0 Å². The van der Waals surface area contributed by atoms with Gasteiger partial charge in [0, 0.05) is 34.1 Å². The van der Waals surface area contributed by atoms with E-state index in [4.69, 9.17) is 23.2 Å². The molecular weight excluding hydrogens is 469 g/mol. The fourth-order valence-corrected chi connectivity index (χ4v) is 3.59. The topological polar surface area (TPSA) is 94.6 Å². The van der Waals surface area contributed by atoms with Gasteiger partial charge in [-0.05, 0) is 40.2 Å². The molecule has 3 N–H and O–H groups in total. The maximum absolute atomic E-state index is 12.1. The molecule has 0 spiro atoms. The van der Waals surface area contributed by atoms with Crippen LogP contribution in [0, 0.1) is 0 Å². The van der Waals surface area contributed by atoms with Crippen molar-refractivity contribution in [3.63, 3.8) is 0 Å². The third-order valence-electron chi connectivity index (χ3n) is 3.92. The van der Waals surface area contributed by atoms with Gasteiger partial charge in [0.05, 0.1) is 21.7 Å². The van der Waals surface area contributed by atoms with Gasteiger partial charge in [-0.3, -0.25) is 9.59 Å². The van der Waals surface area contributed by atoms with Crippen LogP contribution in [-0.4, -0.2) is 34.7 Å². The number of aliphatic imine (C=N–C) groups is 1. The number of H-pyrrole nitrogens is 1. The van der Waals surface area contributed by atoms with Gasteiger partial charge in [-0.1, -0.05) is 35.3 Å².